The van der Waals surface area contributed by atoms with Gasteiger partial charge in [0.1, 0.15) is 0 Å². The predicted molar refractivity (Wildman–Crippen MR) is 103 cm³/mol. The van der Waals surface area contributed by atoms with Crippen molar-refractivity contribution in [2.45, 2.75) is 32.6 Å². The van der Waals surface area contributed by atoms with Crippen LogP contribution in [0.5, 0.6) is 0 Å². The van der Waals surface area contributed by atoms with Crippen LogP contribution in [-0.2, 0) is 12.8 Å². The van der Waals surface area contributed by atoms with E-state index in [0.717, 1.165) is 53.8 Å². The summed E-state index contributed by atoms with van der Waals surface area (Å²) in [6.45, 7) is 2.19. The standard InChI is InChI=1S/C20H21N7/c1-2-3-8-18-19(22-25-21-18)13-14-9-11-15(12-10-14)16-6-4-5-7-17(16)20-23-26-27-24-20/h4-7,9-12H,2-3,8,13H2,1H3,(H,21,22,25)(H,23,24,26,27). The van der Waals surface area contributed by atoms with E-state index in [1.807, 2.05) is 18.2 Å². The second-order valence-electron chi connectivity index (χ2n) is 6.48. The van der Waals surface area contributed by atoms with Crippen molar-refractivity contribution >= 4 is 0 Å². The highest BCUT2D eigenvalue weighted by Gasteiger charge is 2.12. The van der Waals surface area contributed by atoms with Gasteiger partial charge in [0.25, 0.3) is 0 Å². The van der Waals surface area contributed by atoms with Crippen molar-refractivity contribution in [1.82, 2.24) is 36.0 Å². The van der Waals surface area contributed by atoms with E-state index in [1.54, 1.807) is 0 Å². The fourth-order valence-electron chi connectivity index (χ4n) is 3.16. The minimum Gasteiger partial charge on any atom is -0.197 e. The molecule has 0 atom stereocenters. The molecule has 27 heavy (non-hydrogen) atoms. The molecule has 0 saturated carbocycles. The Morgan fingerprint density at radius 2 is 1.59 bits per heavy atom. The summed E-state index contributed by atoms with van der Waals surface area (Å²) in [5, 5.41) is 25.8. The molecule has 2 heterocycles. The Kier molecular flexibility index (Phi) is 5.00. The molecule has 0 unspecified atom stereocenters. The van der Waals surface area contributed by atoms with Gasteiger partial charge < -0.3 is 0 Å². The monoisotopic (exact) mass is 359 g/mol. The minimum absolute atomic E-state index is 0.595. The molecule has 4 rings (SSSR count). The maximum absolute atomic E-state index is 4.33. The number of hydrogen-bond acceptors (Lipinski definition) is 5. The molecule has 0 aliphatic heterocycles. The van der Waals surface area contributed by atoms with Gasteiger partial charge >= 0.3 is 0 Å². The van der Waals surface area contributed by atoms with Gasteiger partial charge in [-0.15, -0.1) is 10.2 Å². The fourth-order valence-corrected chi connectivity index (χ4v) is 3.16. The van der Waals surface area contributed by atoms with Gasteiger partial charge in [-0.05, 0) is 34.7 Å². The van der Waals surface area contributed by atoms with Crippen molar-refractivity contribution in [3.05, 3.63) is 65.5 Å². The average Bonchev–Trinajstić information content (AvgIpc) is 3.39. The summed E-state index contributed by atoms with van der Waals surface area (Å²) in [5.74, 6) is 0.595. The lowest BCUT2D eigenvalue weighted by molar-refractivity contribution is 0.766. The molecular formula is C20H21N7. The molecule has 0 aliphatic carbocycles. The molecule has 0 bridgehead atoms. The van der Waals surface area contributed by atoms with E-state index >= 15 is 0 Å². The van der Waals surface area contributed by atoms with E-state index in [2.05, 4.69) is 73.3 Å². The first kappa shape index (κ1) is 17.1. The van der Waals surface area contributed by atoms with Crippen LogP contribution in [0.4, 0.5) is 0 Å². The fraction of sp³-hybridized carbons (Fsp3) is 0.250. The SMILES string of the molecule is CCCCc1n[nH]nc1Cc1ccc(-c2ccccc2-c2nn[nH]n2)cc1. The number of unbranched alkanes of at least 4 members (excludes halogenated alkanes) is 1. The molecule has 7 heteroatoms. The van der Waals surface area contributed by atoms with Gasteiger partial charge in [0.2, 0.25) is 5.82 Å². The molecule has 7 nitrogen and oxygen atoms in total. The zero-order valence-electron chi connectivity index (χ0n) is 15.2. The average molecular weight is 359 g/mol. The molecule has 0 aliphatic rings. The number of hydrogen-bond donors (Lipinski definition) is 2. The molecule has 136 valence electrons. The molecule has 0 spiro atoms. The third kappa shape index (κ3) is 3.76. The molecule has 0 amide bonds. The lowest BCUT2D eigenvalue weighted by atomic mass is 9.97. The highest BCUT2D eigenvalue weighted by molar-refractivity contribution is 5.80. The van der Waals surface area contributed by atoms with Crippen LogP contribution in [-0.4, -0.2) is 36.0 Å². The number of aromatic amines is 2. The van der Waals surface area contributed by atoms with Gasteiger partial charge in [-0.2, -0.15) is 20.6 Å². The summed E-state index contributed by atoms with van der Waals surface area (Å²) in [7, 11) is 0. The Morgan fingerprint density at radius 1 is 0.815 bits per heavy atom. The summed E-state index contributed by atoms with van der Waals surface area (Å²) in [5.41, 5.74) is 6.47. The van der Waals surface area contributed by atoms with Crippen molar-refractivity contribution < 1.29 is 0 Å². The van der Waals surface area contributed by atoms with Crippen LogP contribution in [0.25, 0.3) is 22.5 Å². The van der Waals surface area contributed by atoms with E-state index < -0.39 is 0 Å². The van der Waals surface area contributed by atoms with E-state index in [4.69, 9.17) is 0 Å². The lowest BCUT2D eigenvalue weighted by Crippen LogP contribution is -1.96. The number of aromatic nitrogens is 7. The van der Waals surface area contributed by atoms with Crippen molar-refractivity contribution in [3.8, 4) is 22.5 Å². The summed E-state index contributed by atoms with van der Waals surface area (Å²) in [6, 6.07) is 16.6. The third-order valence-corrected chi connectivity index (χ3v) is 4.62. The normalized spacial score (nSPS) is 11.0. The topological polar surface area (TPSA) is 96.0 Å². The van der Waals surface area contributed by atoms with Gasteiger partial charge in [-0.3, -0.25) is 0 Å². The first-order valence-electron chi connectivity index (χ1n) is 9.16. The lowest BCUT2D eigenvalue weighted by Gasteiger charge is -2.08. The van der Waals surface area contributed by atoms with E-state index in [-0.39, 0.29) is 0 Å². The van der Waals surface area contributed by atoms with Crippen LogP contribution >= 0.6 is 0 Å². The number of tetrazole rings is 1. The van der Waals surface area contributed by atoms with Crippen molar-refractivity contribution in [2.24, 2.45) is 0 Å². The largest absolute Gasteiger partial charge is 0.205 e. The maximum Gasteiger partial charge on any atom is 0.205 e. The summed E-state index contributed by atoms with van der Waals surface area (Å²) >= 11 is 0. The number of rotatable bonds is 7. The second kappa shape index (κ2) is 7.90. The van der Waals surface area contributed by atoms with Crippen molar-refractivity contribution in [1.29, 1.82) is 0 Å². The first-order chi connectivity index (χ1) is 13.3. The zero-order chi connectivity index (χ0) is 18.5. The Hall–Kier alpha value is -3.35. The predicted octanol–water partition coefficient (Wildman–Crippen LogP) is 3.59. The second-order valence-corrected chi connectivity index (χ2v) is 6.48. The smallest absolute Gasteiger partial charge is 0.197 e. The molecule has 2 aromatic heterocycles. The Balaban J connectivity index is 1.57. The van der Waals surface area contributed by atoms with Crippen LogP contribution in [0.15, 0.2) is 48.5 Å². The highest BCUT2D eigenvalue weighted by atomic mass is 15.5. The summed E-state index contributed by atoms with van der Waals surface area (Å²) in [4.78, 5) is 0. The molecular weight excluding hydrogens is 338 g/mol. The maximum atomic E-state index is 4.33. The van der Waals surface area contributed by atoms with Crippen molar-refractivity contribution in [3.63, 3.8) is 0 Å². The van der Waals surface area contributed by atoms with Crippen molar-refractivity contribution in [2.75, 3.05) is 0 Å². The van der Waals surface area contributed by atoms with Crippen LogP contribution < -0.4 is 0 Å². The van der Waals surface area contributed by atoms with E-state index in [1.165, 1.54) is 5.56 Å². The minimum atomic E-state index is 0.595. The third-order valence-electron chi connectivity index (χ3n) is 4.62. The number of aryl methyl sites for hydroxylation is 1. The van der Waals surface area contributed by atoms with Gasteiger partial charge in [-0.25, -0.2) is 0 Å². The molecule has 0 fully saturated rings. The van der Waals surface area contributed by atoms with Crippen LogP contribution in [0, 0.1) is 0 Å². The van der Waals surface area contributed by atoms with Gasteiger partial charge in [0, 0.05) is 12.0 Å². The van der Waals surface area contributed by atoms with Gasteiger partial charge in [0.05, 0.1) is 11.4 Å². The number of nitrogens with one attached hydrogen (secondary N) is 2. The number of nitrogens with zero attached hydrogens (tertiary/aromatic N) is 5. The first-order valence-corrected chi connectivity index (χ1v) is 9.16. The van der Waals surface area contributed by atoms with Crippen LogP contribution in [0.3, 0.4) is 0 Å². The van der Waals surface area contributed by atoms with Gasteiger partial charge in [-0.1, -0.05) is 61.9 Å². The Morgan fingerprint density at radius 3 is 2.33 bits per heavy atom. The van der Waals surface area contributed by atoms with Crippen LogP contribution in [0.1, 0.15) is 36.7 Å². The van der Waals surface area contributed by atoms with E-state index in [9.17, 15) is 0 Å². The highest BCUT2D eigenvalue weighted by Crippen LogP contribution is 2.30. The summed E-state index contributed by atoms with van der Waals surface area (Å²) < 4.78 is 0. The van der Waals surface area contributed by atoms with Gasteiger partial charge in [0.15, 0.2) is 0 Å². The zero-order valence-corrected chi connectivity index (χ0v) is 15.2. The Labute approximate surface area is 157 Å². The summed E-state index contributed by atoms with van der Waals surface area (Å²) in [6.07, 6.45) is 4.03. The molecule has 0 saturated heterocycles. The number of benzene rings is 2. The number of H-pyrrole nitrogens is 2. The quantitative estimate of drug-likeness (QED) is 0.526. The van der Waals surface area contributed by atoms with Crippen LogP contribution in [0.2, 0.25) is 0 Å². The van der Waals surface area contributed by atoms with E-state index in [0.29, 0.717) is 5.82 Å². The Bertz CT molecular complexity index is 987. The molecule has 0 radical (unpaired) electrons. The molecule has 2 aromatic carbocycles. The molecule has 2 N–H and O–H groups in total. The molecule has 4 aromatic rings.